The van der Waals surface area contributed by atoms with E-state index in [0.29, 0.717) is 0 Å². The standard InChI is InChI=1S/C6H12F2N2/c1-4(9)2-5(10)3-6(7)8/h4,6,10H,2-3,9H2,1H3/t4-/m1/s1. The van der Waals surface area contributed by atoms with E-state index in [4.69, 9.17) is 11.1 Å². The van der Waals surface area contributed by atoms with Gasteiger partial charge in [-0.2, -0.15) is 0 Å². The zero-order chi connectivity index (χ0) is 8.15. The van der Waals surface area contributed by atoms with Crippen molar-refractivity contribution in [3.8, 4) is 0 Å². The first-order valence-electron chi connectivity index (χ1n) is 3.12. The van der Waals surface area contributed by atoms with Gasteiger partial charge in [-0.15, -0.1) is 0 Å². The van der Waals surface area contributed by atoms with E-state index in [-0.39, 0.29) is 18.2 Å². The molecule has 0 saturated carbocycles. The topological polar surface area (TPSA) is 49.9 Å². The first-order chi connectivity index (χ1) is 4.52. The van der Waals surface area contributed by atoms with Crippen molar-refractivity contribution in [2.24, 2.45) is 5.73 Å². The average molecular weight is 150 g/mol. The Balaban J connectivity index is 3.44. The minimum absolute atomic E-state index is 0.0324. The predicted octanol–water partition coefficient (Wildman–Crippen LogP) is 1.40. The van der Waals surface area contributed by atoms with Gasteiger partial charge in [0.15, 0.2) is 0 Å². The largest absolute Gasteiger partial charge is 0.328 e. The van der Waals surface area contributed by atoms with E-state index in [1.807, 2.05) is 0 Å². The van der Waals surface area contributed by atoms with Gasteiger partial charge in [0.1, 0.15) is 0 Å². The number of nitrogens with two attached hydrogens (primary N) is 1. The Morgan fingerprint density at radius 1 is 1.50 bits per heavy atom. The Kier molecular flexibility index (Phi) is 4.11. The molecule has 4 heteroatoms. The van der Waals surface area contributed by atoms with E-state index in [1.54, 1.807) is 6.92 Å². The smallest absolute Gasteiger partial charge is 0.243 e. The molecule has 3 N–H and O–H groups in total. The van der Waals surface area contributed by atoms with Gasteiger partial charge in [-0.25, -0.2) is 8.78 Å². The van der Waals surface area contributed by atoms with Gasteiger partial charge >= 0.3 is 0 Å². The quantitative estimate of drug-likeness (QED) is 0.585. The van der Waals surface area contributed by atoms with Gasteiger partial charge in [-0.3, -0.25) is 0 Å². The molecule has 60 valence electrons. The van der Waals surface area contributed by atoms with Gasteiger partial charge in [0.2, 0.25) is 6.43 Å². The van der Waals surface area contributed by atoms with Gasteiger partial charge in [-0.05, 0) is 6.92 Å². The summed E-state index contributed by atoms with van der Waals surface area (Å²) in [5.74, 6) is 0. The second kappa shape index (κ2) is 4.33. The van der Waals surface area contributed by atoms with Gasteiger partial charge in [-0.1, -0.05) is 0 Å². The van der Waals surface area contributed by atoms with Crippen LogP contribution in [0.5, 0.6) is 0 Å². The molecule has 0 aromatic carbocycles. The summed E-state index contributed by atoms with van der Waals surface area (Å²) in [5.41, 5.74) is 5.32. The molecule has 0 radical (unpaired) electrons. The number of hydrogen-bond donors (Lipinski definition) is 2. The van der Waals surface area contributed by atoms with E-state index in [9.17, 15) is 8.78 Å². The van der Waals surface area contributed by atoms with Crippen LogP contribution < -0.4 is 5.73 Å². The lowest BCUT2D eigenvalue weighted by atomic mass is 10.1. The van der Waals surface area contributed by atoms with E-state index < -0.39 is 12.8 Å². The number of rotatable bonds is 4. The Bertz CT molecular complexity index is 100. The fourth-order valence-electron chi connectivity index (χ4n) is 0.658. The van der Waals surface area contributed by atoms with E-state index in [2.05, 4.69) is 0 Å². The second-order valence-corrected chi connectivity index (χ2v) is 2.38. The third-order valence-corrected chi connectivity index (χ3v) is 0.969. The maximum Gasteiger partial charge on any atom is 0.243 e. The zero-order valence-corrected chi connectivity index (χ0v) is 5.90. The van der Waals surface area contributed by atoms with Crippen LogP contribution >= 0.6 is 0 Å². The van der Waals surface area contributed by atoms with Crippen LogP contribution in [0.4, 0.5) is 8.78 Å². The van der Waals surface area contributed by atoms with Crippen LogP contribution in [-0.4, -0.2) is 18.2 Å². The molecule has 0 rings (SSSR count). The van der Waals surface area contributed by atoms with Crippen LogP contribution in [0.3, 0.4) is 0 Å². The molecule has 0 aliphatic rings. The van der Waals surface area contributed by atoms with Crippen LogP contribution in [0.25, 0.3) is 0 Å². The molecule has 2 nitrogen and oxygen atoms in total. The van der Waals surface area contributed by atoms with Crippen molar-refractivity contribution in [3.63, 3.8) is 0 Å². The van der Waals surface area contributed by atoms with Crippen LogP contribution in [-0.2, 0) is 0 Å². The highest BCUT2D eigenvalue weighted by Crippen LogP contribution is 2.03. The molecule has 0 aromatic heterocycles. The van der Waals surface area contributed by atoms with Crippen LogP contribution in [0, 0.1) is 5.41 Å². The fraction of sp³-hybridized carbons (Fsp3) is 0.833. The zero-order valence-electron chi connectivity index (χ0n) is 5.90. The van der Waals surface area contributed by atoms with E-state index in [0.717, 1.165) is 0 Å². The number of nitrogens with one attached hydrogen (secondary N) is 1. The average Bonchev–Trinajstić information content (AvgIpc) is 1.58. The molecule has 0 bridgehead atoms. The van der Waals surface area contributed by atoms with Gasteiger partial charge in [0, 0.05) is 24.6 Å². The lowest BCUT2D eigenvalue weighted by Gasteiger charge is -2.05. The van der Waals surface area contributed by atoms with E-state index in [1.165, 1.54) is 0 Å². The minimum atomic E-state index is -2.41. The summed E-state index contributed by atoms with van der Waals surface area (Å²) in [7, 11) is 0. The van der Waals surface area contributed by atoms with Crippen molar-refractivity contribution >= 4 is 5.71 Å². The van der Waals surface area contributed by atoms with Crippen molar-refractivity contribution < 1.29 is 8.78 Å². The maximum absolute atomic E-state index is 11.6. The molecule has 0 aliphatic heterocycles. The first-order valence-corrected chi connectivity index (χ1v) is 3.12. The molecule has 0 spiro atoms. The molecular formula is C6H12F2N2. The number of alkyl halides is 2. The van der Waals surface area contributed by atoms with Crippen molar-refractivity contribution in [1.82, 2.24) is 0 Å². The lowest BCUT2D eigenvalue weighted by Crippen LogP contribution is -2.20. The Labute approximate surface area is 58.9 Å². The summed E-state index contributed by atoms with van der Waals surface area (Å²) in [5, 5.41) is 6.99. The normalized spacial score (nSPS) is 13.7. The van der Waals surface area contributed by atoms with Crippen LogP contribution in [0.2, 0.25) is 0 Å². The van der Waals surface area contributed by atoms with Crippen LogP contribution in [0.15, 0.2) is 0 Å². The molecular weight excluding hydrogens is 138 g/mol. The third-order valence-electron chi connectivity index (χ3n) is 0.969. The highest BCUT2D eigenvalue weighted by Gasteiger charge is 2.08. The molecule has 0 fully saturated rings. The fourth-order valence-corrected chi connectivity index (χ4v) is 0.658. The number of halogens is 2. The third kappa shape index (κ3) is 5.62. The molecule has 0 aliphatic carbocycles. The van der Waals surface area contributed by atoms with Crippen molar-refractivity contribution in [2.45, 2.75) is 32.2 Å². The van der Waals surface area contributed by atoms with Gasteiger partial charge < -0.3 is 11.1 Å². The van der Waals surface area contributed by atoms with Crippen molar-refractivity contribution in [2.75, 3.05) is 0 Å². The molecule has 0 heterocycles. The summed E-state index contributed by atoms with van der Waals surface area (Å²) >= 11 is 0. The SMILES string of the molecule is C[C@@H](N)CC(=N)CC(F)F. The summed E-state index contributed by atoms with van der Waals surface area (Å²) in [6, 6.07) is -0.189. The predicted molar refractivity (Wildman–Crippen MR) is 36.6 cm³/mol. The maximum atomic E-state index is 11.6. The minimum Gasteiger partial charge on any atom is -0.328 e. The monoisotopic (exact) mass is 150 g/mol. The summed E-state index contributed by atoms with van der Waals surface area (Å²) in [4.78, 5) is 0. The Morgan fingerprint density at radius 2 is 2.00 bits per heavy atom. The molecule has 1 atom stereocenters. The first kappa shape index (κ1) is 9.49. The van der Waals surface area contributed by atoms with Crippen LogP contribution in [0.1, 0.15) is 19.8 Å². The second-order valence-electron chi connectivity index (χ2n) is 2.38. The summed E-state index contributed by atoms with van der Waals surface area (Å²) < 4.78 is 23.1. The molecule has 10 heavy (non-hydrogen) atoms. The lowest BCUT2D eigenvalue weighted by molar-refractivity contribution is 0.156. The van der Waals surface area contributed by atoms with Crippen molar-refractivity contribution in [1.29, 1.82) is 5.41 Å². The van der Waals surface area contributed by atoms with Gasteiger partial charge in [0.25, 0.3) is 0 Å². The molecule has 0 aromatic rings. The summed E-state index contributed by atoms with van der Waals surface area (Å²) in [6.07, 6.45) is -2.59. The molecule has 0 saturated heterocycles. The molecule has 0 unspecified atom stereocenters. The number of hydrogen-bond acceptors (Lipinski definition) is 2. The van der Waals surface area contributed by atoms with E-state index >= 15 is 0 Å². The van der Waals surface area contributed by atoms with Crippen molar-refractivity contribution in [3.05, 3.63) is 0 Å². The molecule has 0 amide bonds. The Morgan fingerprint density at radius 3 is 2.30 bits per heavy atom. The van der Waals surface area contributed by atoms with Gasteiger partial charge in [0.05, 0.1) is 0 Å². The highest BCUT2D eigenvalue weighted by molar-refractivity contribution is 5.82. The summed E-state index contributed by atoms with van der Waals surface area (Å²) in [6.45, 7) is 1.69. The highest BCUT2D eigenvalue weighted by atomic mass is 19.3. The Hall–Kier alpha value is -0.510.